The fourth-order valence-electron chi connectivity index (χ4n) is 5.96. The molecule has 1 amide bonds. The number of hydrogen-bond donors (Lipinski definition) is 2. The molecule has 10 heteroatoms. The molecule has 3 aliphatic rings. The van der Waals surface area contributed by atoms with Crippen LogP contribution in [0.2, 0.25) is 0 Å². The van der Waals surface area contributed by atoms with E-state index in [1.807, 2.05) is 33.8 Å². The molecule has 2 N–H and O–H groups in total. The molecule has 4 bridgehead atoms. The van der Waals surface area contributed by atoms with Gasteiger partial charge in [-0.2, -0.15) is 5.10 Å². The summed E-state index contributed by atoms with van der Waals surface area (Å²) in [5, 5.41) is 17.8. The van der Waals surface area contributed by atoms with Gasteiger partial charge in [0.05, 0.1) is 16.8 Å². The van der Waals surface area contributed by atoms with Crippen LogP contribution in [-0.2, 0) is 16.1 Å². The molecule has 5 heterocycles. The first-order chi connectivity index (χ1) is 20.3. The number of allylic oxidation sites excluding steroid dienone is 1. The summed E-state index contributed by atoms with van der Waals surface area (Å²) in [5.74, 6) is -1.52. The van der Waals surface area contributed by atoms with Gasteiger partial charge in [0.15, 0.2) is 11.8 Å². The highest BCUT2D eigenvalue weighted by Gasteiger charge is 2.36. The first-order valence-electron chi connectivity index (χ1n) is 14.9. The minimum Gasteiger partial charge on any atom is -0.489 e. The van der Waals surface area contributed by atoms with E-state index in [4.69, 9.17) is 9.47 Å². The average molecular weight is 593 g/mol. The lowest BCUT2D eigenvalue weighted by Crippen LogP contribution is -2.40. The van der Waals surface area contributed by atoms with Crippen LogP contribution in [0.4, 0.5) is 10.1 Å². The largest absolute Gasteiger partial charge is 0.489 e. The molecular weight excluding hydrogens is 551 g/mol. The molecule has 1 aromatic carbocycles. The lowest BCUT2D eigenvalue weighted by molar-refractivity contribution is -0.160. The lowest BCUT2D eigenvalue weighted by atomic mass is 9.76. The van der Waals surface area contributed by atoms with Crippen molar-refractivity contribution in [3.05, 3.63) is 70.8 Å². The first kappa shape index (κ1) is 30.5. The van der Waals surface area contributed by atoms with Gasteiger partial charge in [0.25, 0.3) is 5.91 Å². The summed E-state index contributed by atoms with van der Waals surface area (Å²) in [7, 11) is 0. The van der Waals surface area contributed by atoms with Gasteiger partial charge in [0, 0.05) is 43.0 Å². The maximum Gasteiger partial charge on any atom is 0.337 e. The lowest BCUT2D eigenvalue weighted by Gasteiger charge is -2.42. The molecule has 1 saturated heterocycles. The summed E-state index contributed by atoms with van der Waals surface area (Å²) in [6.45, 7) is 11.5. The summed E-state index contributed by atoms with van der Waals surface area (Å²) >= 11 is 0. The maximum atomic E-state index is 14.0. The summed E-state index contributed by atoms with van der Waals surface area (Å²) < 4.78 is 27.7. The van der Waals surface area contributed by atoms with Crippen molar-refractivity contribution < 1.29 is 28.6 Å². The zero-order valence-corrected chi connectivity index (χ0v) is 25.6. The number of carboxylic acid groups (broad SMARTS) is 1. The van der Waals surface area contributed by atoms with E-state index in [9.17, 15) is 19.1 Å². The van der Waals surface area contributed by atoms with Crippen molar-refractivity contribution >= 4 is 23.1 Å². The van der Waals surface area contributed by atoms with Crippen molar-refractivity contribution in [1.82, 2.24) is 14.9 Å². The Kier molecular flexibility index (Phi) is 8.51. The maximum absolute atomic E-state index is 14.0. The van der Waals surface area contributed by atoms with Gasteiger partial charge in [-0.15, -0.1) is 0 Å². The second-order valence-electron chi connectivity index (χ2n) is 12.9. The molecule has 1 atom stereocenters. The molecule has 3 aliphatic heterocycles. The molecule has 230 valence electrons. The van der Waals surface area contributed by atoms with Crippen LogP contribution >= 0.6 is 0 Å². The van der Waals surface area contributed by atoms with E-state index in [2.05, 4.69) is 28.3 Å². The van der Waals surface area contributed by atoms with E-state index in [0.29, 0.717) is 34.6 Å². The minimum atomic E-state index is -1.20. The number of aryl methyl sites for hydroxylation is 1. The number of carbonyl (C=O) groups is 2. The Hall–Kier alpha value is -3.92. The minimum absolute atomic E-state index is 0.111. The number of benzene rings is 1. The molecule has 43 heavy (non-hydrogen) atoms. The molecule has 9 nitrogen and oxygen atoms in total. The highest BCUT2D eigenvalue weighted by atomic mass is 19.1. The van der Waals surface area contributed by atoms with E-state index >= 15 is 0 Å². The third kappa shape index (κ3) is 6.85. The van der Waals surface area contributed by atoms with Crippen molar-refractivity contribution in [2.45, 2.75) is 78.6 Å². The van der Waals surface area contributed by atoms with Gasteiger partial charge in [0.1, 0.15) is 18.2 Å². The number of anilines is 1. The normalized spacial score (nSPS) is 19.1. The first-order valence-corrected chi connectivity index (χ1v) is 14.9. The third-order valence-corrected chi connectivity index (χ3v) is 8.34. The third-order valence-electron chi connectivity index (χ3n) is 8.34. The van der Waals surface area contributed by atoms with Crippen LogP contribution in [0.5, 0.6) is 5.75 Å². The molecule has 0 saturated carbocycles. The second-order valence-corrected chi connectivity index (χ2v) is 12.9. The molecule has 3 aromatic rings. The number of nitrogens with zero attached hydrogens (tertiary/aromatic N) is 3. The number of nitrogens with one attached hydrogen (secondary N) is 1. The van der Waals surface area contributed by atoms with Gasteiger partial charge in [-0.25, -0.2) is 13.7 Å². The van der Waals surface area contributed by atoms with Crippen molar-refractivity contribution in [3.63, 3.8) is 0 Å². The smallest absolute Gasteiger partial charge is 0.337 e. The summed E-state index contributed by atoms with van der Waals surface area (Å²) in [4.78, 5) is 28.3. The number of carbonyl (C=O) groups excluding carboxylic acids is 1. The van der Waals surface area contributed by atoms with E-state index in [1.165, 1.54) is 12.1 Å². The number of ether oxygens (including phenoxy) is 2. The summed E-state index contributed by atoms with van der Waals surface area (Å²) in [5.41, 5.74) is 2.90. The molecule has 2 aromatic heterocycles. The average Bonchev–Trinajstić information content (AvgIpc) is 3.35. The number of pyridine rings is 1. The summed E-state index contributed by atoms with van der Waals surface area (Å²) in [6, 6.07) is 5.97. The van der Waals surface area contributed by atoms with E-state index < -0.39 is 29.4 Å². The van der Waals surface area contributed by atoms with Crippen molar-refractivity contribution in [2.24, 2.45) is 5.41 Å². The van der Waals surface area contributed by atoms with E-state index in [-0.39, 0.29) is 17.7 Å². The quantitative estimate of drug-likeness (QED) is 0.360. The SMILES string of the molecule is Cc1cn2nc3cc2c(c1[C@H](OC(C)(C)C)C(=O)O)N1CCC(C)(CC/C=C/COc2cc(F)ccc2CNC3=O)CC1. The van der Waals surface area contributed by atoms with Crippen molar-refractivity contribution in [2.75, 3.05) is 24.6 Å². The molecule has 1 fully saturated rings. The van der Waals surface area contributed by atoms with Crippen LogP contribution in [0.25, 0.3) is 5.52 Å². The van der Waals surface area contributed by atoms with Crippen LogP contribution in [0, 0.1) is 18.2 Å². The number of hydrogen-bond acceptors (Lipinski definition) is 6. The molecular formula is C33H41FN4O5. The Morgan fingerprint density at radius 2 is 1.93 bits per heavy atom. The van der Waals surface area contributed by atoms with Gasteiger partial charge in [-0.05, 0) is 76.5 Å². The number of aromatic nitrogens is 2. The van der Waals surface area contributed by atoms with E-state index in [1.54, 1.807) is 22.8 Å². The molecule has 0 radical (unpaired) electrons. The van der Waals surface area contributed by atoms with Crippen molar-refractivity contribution in [3.8, 4) is 5.75 Å². The topological polar surface area (TPSA) is 105 Å². The van der Waals surface area contributed by atoms with Gasteiger partial charge in [-0.1, -0.05) is 25.1 Å². The number of rotatable bonds is 3. The van der Waals surface area contributed by atoms with E-state index in [0.717, 1.165) is 44.5 Å². The van der Waals surface area contributed by atoms with Gasteiger partial charge in [0.2, 0.25) is 0 Å². The number of fused-ring (bicyclic) bond motifs is 8. The fraction of sp³-hybridized carbons (Fsp3) is 0.485. The van der Waals surface area contributed by atoms with Gasteiger partial charge >= 0.3 is 5.97 Å². The number of carboxylic acids is 1. The Morgan fingerprint density at radius 1 is 1.19 bits per heavy atom. The standard InChI is InChI=1S/C33H41FN4O5/c1-21-20-38-25-18-24(36-38)30(39)35-19-22-9-10-23(34)17-26(22)42-16-8-6-7-11-33(5)12-14-37(15-13-33)28(25)27(21)29(31(40)41)43-32(2,3)4/h6,8-10,17-18,20,29H,7,11-16,19H2,1-5H3,(H,35,39)(H,40,41)/b8-6+/t29-/m0/s1. The predicted octanol–water partition coefficient (Wildman–Crippen LogP) is 5.99. The zero-order chi connectivity index (χ0) is 30.9. The van der Waals surface area contributed by atoms with Gasteiger partial charge < -0.3 is 24.8 Å². The Morgan fingerprint density at radius 3 is 2.63 bits per heavy atom. The van der Waals surface area contributed by atoms with Crippen LogP contribution in [0.1, 0.15) is 86.7 Å². The highest BCUT2D eigenvalue weighted by Crippen LogP contribution is 2.43. The summed E-state index contributed by atoms with van der Waals surface area (Å²) in [6.07, 6.45) is 8.32. The number of halogens is 1. The van der Waals surface area contributed by atoms with Crippen LogP contribution in [-0.4, -0.2) is 51.9 Å². The number of amides is 1. The fourth-order valence-corrected chi connectivity index (χ4v) is 5.96. The zero-order valence-electron chi connectivity index (χ0n) is 25.6. The number of piperidine rings is 1. The van der Waals surface area contributed by atoms with Crippen LogP contribution < -0.4 is 15.0 Å². The monoisotopic (exact) mass is 592 g/mol. The highest BCUT2D eigenvalue weighted by molar-refractivity contribution is 5.95. The Bertz CT molecular complexity index is 1550. The van der Waals surface area contributed by atoms with Crippen molar-refractivity contribution in [1.29, 1.82) is 0 Å². The Labute approximate surface area is 251 Å². The van der Waals surface area contributed by atoms with Crippen LogP contribution in [0.15, 0.2) is 42.6 Å². The molecule has 0 spiro atoms. The second kappa shape index (κ2) is 12.0. The number of aliphatic carboxylic acids is 1. The predicted molar refractivity (Wildman–Crippen MR) is 162 cm³/mol. The van der Waals surface area contributed by atoms with Crippen LogP contribution in [0.3, 0.4) is 0 Å². The Balaban J connectivity index is 1.62. The van der Waals surface area contributed by atoms with Gasteiger partial charge in [-0.3, -0.25) is 4.79 Å². The molecule has 0 unspecified atom stereocenters. The molecule has 0 aliphatic carbocycles. The molecule has 6 rings (SSSR count).